The summed E-state index contributed by atoms with van der Waals surface area (Å²) >= 11 is 0. The van der Waals surface area contributed by atoms with Crippen LogP contribution >= 0.6 is 0 Å². The molecule has 0 saturated heterocycles. The summed E-state index contributed by atoms with van der Waals surface area (Å²) in [6.45, 7) is 15.1. The molecule has 4 aliphatic rings. The lowest BCUT2D eigenvalue weighted by molar-refractivity contribution is -0.0832. The largest absolute Gasteiger partial charge is 0.446 e. The number of carbonyl (C=O) groups is 1. The van der Waals surface area contributed by atoms with Crippen molar-refractivity contribution in [2.75, 3.05) is 6.54 Å². The van der Waals surface area contributed by atoms with Gasteiger partial charge in [-0.25, -0.2) is 4.79 Å². The maximum Gasteiger partial charge on any atom is 0.407 e. The quantitative estimate of drug-likeness (QED) is 0.208. The number of fused-ring (bicyclic) bond motifs is 5. The summed E-state index contributed by atoms with van der Waals surface area (Å²) in [5.74, 6) is 3.71. The smallest absolute Gasteiger partial charge is 0.407 e. The van der Waals surface area contributed by atoms with Crippen LogP contribution in [0.4, 0.5) is 4.79 Å². The number of amides is 1. The summed E-state index contributed by atoms with van der Waals surface area (Å²) in [7, 11) is 0. The Bertz CT molecular complexity index is 823. The zero-order chi connectivity index (χ0) is 27.5. The maximum atomic E-state index is 13.0. The van der Waals surface area contributed by atoms with Crippen molar-refractivity contribution in [1.29, 1.82) is 0 Å². The lowest BCUT2D eigenvalue weighted by atomic mass is 9.46. The first-order valence-corrected chi connectivity index (χ1v) is 16.4. The Morgan fingerprint density at radius 3 is 2.63 bits per heavy atom. The van der Waals surface area contributed by atoms with Crippen LogP contribution in [0.25, 0.3) is 0 Å². The van der Waals surface area contributed by atoms with Crippen molar-refractivity contribution < 1.29 is 14.6 Å². The van der Waals surface area contributed by atoms with E-state index in [2.05, 4.69) is 52.9 Å². The third-order valence-corrected chi connectivity index (χ3v) is 11.8. The number of carbonyl (C=O) groups excluding carboxylic acids is 1. The average Bonchev–Trinajstić information content (AvgIpc) is 3.16. The summed E-state index contributed by atoms with van der Waals surface area (Å²) in [4.78, 5) is 13.0. The Balaban J connectivity index is 1.53. The van der Waals surface area contributed by atoms with Gasteiger partial charge >= 0.3 is 6.09 Å². The second-order valence-corrected chi connectivity index (χ2v) is 14.7. The van der Waals surface area contributed by atoms with Gasteiger partial charge < -0.3 is 15.2 Å². The number of aliphatic hydroxyl groups is 1. The molecule has 218 valence electrons. The van der Waals surface area contributed by atoms with E-state index in [1.165, 1.54) is 56.9 Å². The number of allylic oxidation sites excluding steroid dienone is 1. The number of nitrogens with one attached hydrogen (secondary N) is 1. The molecular formula is C34H59NO3. The molecule has 2 N–H and O–H groups in total. The molecular weight excluding hydrogens is 470 g/mol. The number of rotatable bonds is 11. The highest BCUT2D eigenvalue weighted by Crippen LogP contribution is 2.67. The maximum absolute atomic E-state index is 13.0. The van der Waals surface area contributed by atoms with Crippen LogP contribution in [-0.2, 0) is 4.74 Å². The number of unbranched alkanes of at least 4 members (excludes halogenated alkanes) is 3. The van der Waals surface area contributed by atoms with Gasteiger partial charge in [0.2, 0.25) is 0 Å². The van der Waals surface area contributed by atoms with E-state index in [1.54, 1.807) is 0 Å². The van der Waals surface area contributed by atoms with Gasteiger partial charge in [-0.2, -0.15) is 0 Å². The fraction of sp³-hybridized carbons (Fsp3) is 0.912. The molecule has 3 saturated carbocycles. The van der Waals surface area contributed by atoms with E-state index in [1.807, 2.05) is 0 Å². The zero-order valence-electron chi connectivity index (χ0n) is 25.6. The van der Waals surface area contributed by atoms with Crippen molar-refractivity contribution in [1.82, 2.24) is 5.32 Å². The Hall–Kier alpha value is -1.03. The second kappa shape index (κ2) is 12.6. The van der Waals surface area contributed by atoms with E-state index in [0.717, 1.165) is 51.0 Å². The summed E-state index contributed by atoms with van der Waals surface area (Å²) in [5, 5.41) is 13.5. The fourth-order valence-corrected chi connectivity index (χ4v) is 9.70. The Morgan fingerprint density at radius 2 is 1.89 bits per heavy atom. The predicted molar refractivity (Wildman–Crippen MR) is 157 cm³/mol. The number of hydrogen-bond donors (Lipinski definition) is 2. The normalized spacial score (nSPS) is 39.1. The van der Waals surface area contributed by atoms with Crippen molar-refractivity contribution in [2.24, 2.45) is 46.3 Å². The molecule has 0 aromatic heterocycles. The molecule has 0 spiro atoms. The summed E-state index contributed by atoms with van der Waals surface area (Å²) < 4.78 is 6.40. The molecule has 3 fully saturated rings. The molecule has 0 radical (unpaired) electrons. The molecule has 0 heterocycles. The molecule has 4 rings (SSSR count). The van der Waals surface area contributed by atoms with Crippen molar-refractivity contribution in [3.05, 3.63) is 11.6 Å². The topological polar surface area (TPSA) is 58.6 Å². The lowest BCUT2D eigenvalue weighted by Gasteiger charge is -2.58. The van der Waals surface area contributed by atoms with E-state index >= 15 is 0 Å². The number of hydrogen-bond acceptors (Lipinski definition) is 3. The van der Waals surface area contributed by atoms with Gasteiger partial charge in [0.05, 0.1) is 6.10 Å². The minimum absolute atomic E-state index is 0.0220. The predicted octanol–water partition coefficient (Wildman–Crippen LogP) is 8.67. The summed E-state index contributed by atoms with van der Waals surface area (Å²) in [5.41, 5.74) is 1.96. The van der Waals surface area contributed by atoms with Gasteiger partial charge in [0.15, 0.2) is 0 Å². The highest BCUT2D eigenvalue weighted by molar-refractivity contribution is 5.67. The average molecular weight is 530 g/mol. The van der Waals surface area contributed by atoms with E-state index < -0.39 is 0 Å². The van der Waals surface area contributed by atoms with Gasteiger partial charge in [0, 0.05) is 12.5 Å². The van der Waals surface area contributed by atoms with Gasteiger partial charge in [0.1, 0.15) is 6.10 Å². The Morgan fingerprint density at radius 1 is 1.11 bits per heavy atom. The van der Waals surface area contributed by atoms with Crippen molar-refractivity contribution in [2.45, 2.75) is 144 Å². The summed E-state index contributed by atoms with van der Waals surface area (Å²) in [6.07, 6.45) is 18.2. The molecule has 1 amide bonds. The standard InChI is InChI=1S/C34H59NO3/c1-7-8-9-10-20-35-32(37)38-30-22-29(24(4)13-11-12-23(2)3)34(6)19-17-28-27(31(30)34)15-14-25-21-26(36)16-18-33(25,28)5/h14,23-24,26-31,36H,7-13,15-22H2,1-6H3,(H,35,37)/t24-,26?,27-,28+,29-,30?,31-,33+,34-/m1/s1. The highest BCUT2D eigenvalue weighted by atomic mass is 16.6. The molecule has 0 aromatic rings. The molecule has 2 unspecified atom stereocenters. The first-order chi connectivity index (χ1) is 18.1. The highest BCUT2D eigenvalue weighted by Gasteiger charge is 2.63. The van der Waals surface area contributed by atoms with Crippen LogP contribution in [0.2, 0.25) is 0 Å². The van der Waals surface area contributed by atoms with Gasteiger partial charge in [-0.15, -0.1) is 0 Å². The molecule has 38 heavy (non-hydrogen) atoms. The fourth-order valence-electron chi connectivity index (χ4n) is 9.70. The molecule has 9 atom stereocenters. The van der Waals surface area contributed by atoms with Crippen LogP contribution in [0, 0.1) is 46.3 Å². The van der Waals surface area contributed by atoms with Gasteiger partial charge in [-0.3, -0.25) is 0 Å². The lowest BCUT2D eigenvalue weighted by Crippen LogP contribution is -2.53. The molecule has 4 heteroatoms. The van der Waals surface area contributed by atoms with Crippen LogP contribution in [0.3, 0.4) is 0 Å². The second-order valence-electron chi connectivity index (χ2n) is 14.7. The van der Waals surface area contributed by atoms with Crippen LogP contribution in [0.5, 0.6) is 0 Å². The SMILES string of the molecule is CCCCCCNC(=O)OC1C[C@H]([C@H](C)CCCC(C)C)[C@@]2(C)CC[C@H]3[C@@H](CC=C4CC(O)CC[C@@]43C)[C@H]12. The van der Waals surface area contributed by atoms with Crippen molar-refractivity contribution in [3.63, 3.8) is 0 Å². The van der Waals surface area contributed by atoms with E-state index in [4.69, 9.17) is 4.74 Å². The molecule has 0 aliphatic heterocycles. The zero-order valence-corrected chi connectivity index (χ0v) is 25.6. The minimum atomic E-state index is -0.192. The first-order valence-electron chi connectivity index (χ1n) is 16.4. The number of alkyl carbamates (subject to hydrolysis) is 1. The van der Waals surface area contributed by atoms with Crippen LogP contribution in [0.15, 0.2) is 11.6 Å². The molecule has 0 aromatic carbocycles. The van der Waals surface area contributed by atoms with Gasteiger partial charge in [0.25, 0.3) is 0 Å². The van der Waals surface area contributed by atoms with Gasteiger partial charge in [-0.05, 0) is 91.8 Å². The Kier molecular flexibility index (Phi) is 9.97. The van der Waals surface area contributed by atoms with E-state index in [-0.39, 0.29) is 29.1 Å². The molecule has 4 aliphatic carbocycles. The van der Waals surface area contributed by atoms with Crippen LogP contribution in [-0.4, -0.2) is 30.0 Å². The molecule has 4 nitrogen and oxygen atoms in total. The third kappa shape index (κ3) is 6.16. The van der Waals surface area contributed by atoms with Crippen molar-refractivity contribution >= 4 is 6.09 Å². The third-order valence-electron chi connectivity index (χ3n) is 11.8. The van der Waals surface area contributed by atoms with Crippen LogP contribution in [0.1, 0.15) is 131 Å². The number of aliphatic hydroxyl groups excluding tert-OH is 1. The monoisotopic (exact) mass is 529 g/mol. The van der Waals surface area contributed by atoms with Crippen LogP contribution < -0.4 is 5.32 Å². The first kappa shape index (κ1) is 29.9. The minimum Gasteiger partial charge on any atom is -0.446 e. The summed E-state index contributed by atoms with van der Waals surface area (Å²) in [6, 6.07) is 0. The Labute approximate surface area is 234 Å². The number of ether oxygens (including phenoxy) is 1. The van der Waals surface area contributed by atoms with E-state index in [0.29, 0.717) is 29.6 Å². The van der Waals surface area contributed by atoms with E-state index in [9.17, 15) is 9.90 Å². The van der Waals surface area contributed by atoms with Crippen molar-refractivity contribution in [3.8, 4) is 0 Å². The van der Waals surface area contributed by atoms with Gasteiger partial charge in [-0.1, -0.05) is 91.7 Å². The molecule has 0 bridgehead atoms.